The average molecular weight is 282 g/mol. The quantitative estimate of drug-likeness (QED) is 0.835. The fourth-order valence-corrected chi connectivity index (χ4v) is 3.00. The molecule has 0 saturated heterocycles. The summed E-state index contributed by atoms with van der Waals surface area (Å²) in [5, 5.41) is 12.9. The van der Waals surface area contributed by atoms with Crippen molar-refractivity contribution in [2.45, 2.75) is 44.6 Å². The molecule has 0 radical (unpaired) electrons. The SMILES string of the molecule is Cc1ccc(C(=O)NC2(CCl)CCCCC2)c(O)c1. The van der Waals surface area contributed by atoms with Gasteiger partial charge in [-0.25, -0.2) is 0 Å². The minimum Gasteiger partial charge on any atom is -0.507 e. The zero-order valence-electron chi connectivity index (χ0n) is 11.2. The van der Waals surface area contributed by atoms with E-state index in [1.54, 1.807) is 12.1 Å². The molecular formula is C15H20ClNO2. The van der Waals surface area contributed by atoms with E-state index in [-0.39, 0.29) is 17.2 Å². The molecule has 1 aromatic carbocycles. The number of carbonyl (C=O) groups excluding carboxylic acids is 1. The Morgan fingerprint density at radius 2 is 2.05 bits per heavy atom. The summed E-state index contributed by atoms with van der Waals surface area (Å²) in [7, 11) is 0. The van der Waals surface area contributed by atoms with Gasteiger partial charge in [0.15, 0.2) is 0 Å². The molecule has 3 nitrogen and oxygen atoms in total. The van der Waals surface area contributed by atoms with Crippen molar-refractivity contribution in [3.63, 3.8) is 0 Å². The molecule has 0 aromatic heterocycles. The van der Waals surface area contributed by atoms with Crippen molar-refractivity contribution in [2.75, 3.05) is 5.88 Å². The molecule has 0 aliphatic heterocycles. The van der Waals surface area contributed by atoms with Gasteiger partial charge in [-0.2, -0.15) is 0 Å². The van der Waals surface area contributed by atoms with E-state index < -0.39 is 0 Å². The van der Waals surface area contributed by atoms with Crippen molar-refractivity contribution in [1.82, 2.24) is 5.32 Å². The van der Waals surface area contributed by atoms with Gasteiger partial charge in [-0.3, -0.25) is 4.79 Å². The second kappa shape index (κ2) is 5.83. The molecule has 1 fully saturated rings. The molecule has 104 valence electrons. The highest BCUT2D eigenvalue weighted by molar-refractivity contribution is 6.19. The largest absolute Gasteiger partial charge is 0.507 e. The van der Waals surface area contributed by atoms with E-state index in [2.05, 4.69) is 5.32 Å². The lowest BCUT2D eigenvalue weighted by atomic mass is 9.83. The van der Waals surface area contributed by atoms with Gasteiger partial charge in [0, 0.05) is 5.88 Å². The number of hydrogen-bond donors (Lipinski definition) is 2. The maximum Gasteiger partial charge on any atom is 0.255 e. The normalized spacial score (nSPS) is 18.0. The summed E-state index contributed by atoms with van der Waals surface area (Å²) >= 11 is 6.06. The monoisotopic (exact) mass is 281 g/mol. The van der Waals surface area contributed by atoms with E-state index >= 15 is 0 Å². The molecule has 1 saturated carbocycles. The molecule has 0 atom stereocenters. The van der Waals surface area contributed by atoms with Crippen LogP contribution in [0.25, 0.3) is 0 Å². The molecule has 1 aliphatic rings. The van der Waals surface area contributed by atoms with Crippen molar-refractivity contribution in [2.24, 2.45) is 0 Å². The van der Waals surface area contributed by atoms with Gasteiger partial charge in [-0.15, -0.1) is 11.6 Å². The van der Waals surface area contributed by atoms with Crippen molar-refractivity contribution < 1.29 is 9.90 Å². The van der Waals surface area contributed by atoms with Gasteiger partial charge in [-0.05, 0) is 37.5 Å². The Morgan fingerprint density at radius 1 is 1.37 bits per heavy atom. The van der Waals surface area contributed by atoms with Gasteiger partial charge < -0.3 is 10.4 Å². The first-order chi connectivity index (χ1) is 9.06. The highest BCUT2D eigenvalue weighted by Crippen LogP contribution is 2.30. The molecule has 4 heteroatoms. The lowest BCUT2D eigenvalue weighted by Gasteiger charge is -2.36. The van der Waals surface area contributed by atoms with Gasteiger partial charge >= 0.3 is 0 Å². The Bertz CT molecular complexity index is 467. The second-order valence-corrected chi connectivity index (χ2v) is 5.72. The number of halogens is 1. The Kier molecular flexibility index (Phi) is 4.35. The minimum absolute atomic E-state index is 0.0260. The number of carbonyl (C=O) groups is 1. The van der Waals surface area contributed by atoms with Crippen LogP contribution in [-0.2, 0) is 0 Å². The van der Waals surface area contributed by atoms with E-state index in [1.165, 1.54) is 6.42 Å². The van der Waals surface area contributed by atoms with Crippen LogP contribution < -0.4 is 5.32 Å². The summed E-state index contributed by atoms with van der Waals surface area (Å²) in [4.78, 5) is 12.3. The summed E-state index contributed by atoms with van der Waals surface area (Å²) in [5.41, 5.74) is 0.938. The van der Waals surface area contributed by atoms with E-state index in [4.69, 9.17) is 11.6 Å². The standard InChI is InChI=1S/C15H20ClNO2/c1-11-5-6-12(13(18)9-11)14(19)17-15(10-16)7-3-2-4-8-15/h5-6,9,18H,2-4,7-8,10H2,1H3,(H,17,19). The van der Waals surface area contributed by atoms with Crippen LogP contribution in [0.3, 0.4) is 0 Å². The first kappa shape index (κ1) is 14.2. The molecule has 2 N–H and O–H groups in total. The molecule has 1 amide bonds. The Hall–Kier alpha value is -1.22. The number of rotatable bonds is 3. The topological polar surface area (TPSA) is 49.3 Å². The lowest BCUT2D eigenvalue weighted by Crippen LogP contribution is -2.51. The van der Waals surface area contributed by atoms with Crippen LogP contribution in [0.5, 0.6) is 5.75 Å². The molecule has 0 bridgehead atoms. The van der Waals surface area contributed by atoms with Gasteiger partial charge in [0.05, 0.1) is 11.1 Å². The van der Waals surface area contributed by atoms with Crippen molar-refractivity contribution >= 4 is 17.5 Å². The number of amides is 1. The van der Waals surface area contributed by atoms with Gasteiger partial charge in [0.1, 0.15) is 5.75 Å². The Morgan fingerprint density at radius 3 is 2.63 bits per heavy atom. The summed E-state index contributed by atoms with van der Waals surface area (Å²) in [6.45, 7) is 1.88. The first-order valence-electron chi connectivity index (χ1n) is 6.74. The molecule has 19 heavy (non-hydrogen) atoms. The number of aromatic hydroxyl groups is 1. The Labute approximate surface area is 119 Å². The van der Waals surface area contributed by atoms with Gasteiger partial charge in [0.2, 0.25) is 0 Å². The maximum atomic E-state index is 12.3. The van der Waals surface area contributed by atoms with Crippen molar-refractivity contribution in [3.05, 3.63) is 29.3 Å². The molecule has 1 aromatic rings. The average Bonchev–Trinajstić information content (AvgIpc) is 2.39. The molecule has 0 spiro atoms. The Balaban J connectivity index is 2.15. The predicted molar refractivity (Wildman–Crippen MR) is 76.8 cm³/mol. The van der Waals surface area contributed by atoms with E-state index in [9.17, 15) is 9.90 Å². The van der Waals surface area contributed by atoms with Crippen LogP contribution in [0.1, 0.15) is 48.0 Å². The number of benzene rings is 1. The zero-order chi connectivity index (χ0) is 13.9. The van der Waals surface area contributed by atoms with Gasteiger partial charge in [0.25, 0.3) is 5.91 Å². The van der Waals surface area contributed by atoms with Crippen LogP contribution in [0, 0.1) is 6.92 Å². The molecule has 0 heterocycles. The van der Waals surface area contributed by atoms with Crippen molar-refractivity contribution in [3.8, 4) is 5.75 Å². The maximum absolute atomic E-state index is 12.3. The lowest BCUT2D eigenvalue weighted by molar-refractivity contribution is 0.0882. The van der Waals surface area contributed by atoms with Crippen molar-refractivity contribution in [1.29, 1.82) is 0 Å². The highest BCUT2D eigenvalue weighted by Gasteiger charge is 2.33. The van der Waals surface area contributed by atoms with E-state index in [1.807, 2.05) is 13.0 Å². The van der Waals surface area contributed by atoms with Crippen LogP contribution >= 0.6 is 11.6 Å². The number of phenols is 1. The molecule has 0 unspecified atom stereocenters. The van der Waals surface area contributed by atoms with Crippen LogP contribution in [-0.4, -0.2) is 22.4 Å². The third-order valence-corrected chi connectivity index (χ3v) is 4.35. The summed E-state index contributed by atoms with van der Waals surface area (Å²) < 4.78 is 0. The first-order valence-corrected chi connectivity index (χ1v) is 7.28. The highest BCUT2D eigenvalue weighted by atomic mass is 35.5. The fourth-order valence-electron chi connectivity index (χ4n) is 2.66. The minimum atomic E-state index is -0.311. The third kappa shape index (κ3) is 3.21. The number of phenolic OH excluding ortho intramolecular Hbond substituents is 1. The fraction of sp³-hybridized carbons (Fsp3) is 0.533. The second-order valence-electron chi connectivity index (χ2n) is 5.45. The summed E-state index contributed by atoms with van der Waals surface area (Å²) in [5.74, 6) is 0.212. The van der Waals surface area contributed by atoms with Crippen LogP contribution in [0.2, 0.25) is 0 Å². The third-order valence-electron chi connectivity index (χ3n) is 3.84. The van der Waals surface area contributed by atoms with Crippen LogP contribution in [0.4, 0.5) is 0 Å². The zero-order valence-corrected chi connectivity index (χ0v) is 12.0. The van der Waals surface area contributed by atoms with Crippen LogP contribution in [0.15, 0.2) is 18.2 Å². The predicted octanol–water partition coefficient (Wildman–Crippen LogP) is 3.37. The number of alkyl halides is 1. The summed E-state index contributed by atoms with van der Waals surface area (Å²) in [6.07, 6.45) is 5.20. The van der Waals surface area contributed by atoms with E-state index in [0.717, 1.165) is 31.2 Å². The molecular weight excluding hydrogens is 262 g/mol. The summed E-state index contributed by atoms with van der Waals surface area (Å²) in [6, 6.07) is 5.08. The molecule has 2 rings (SSSR count). The number of aryl methyl sites for hydroxylation is 1. The number of hydrogen-bond acceptors (Lipinski definition) is 2. The number of nitrogens with one attached hydrogen (secondary N) is 1. The van der Waals surface area contributed by atoms with Gasteiger partial charge in [-0.1, -0.05) is 25.3 Å². The molecule has 1 aliphatic carbocycles. The smallest absolute Gasteiger partial charge is 0.255 e. The van der Waals surface area contributed by atoms with E-state index in [0.29, 0.717) is 11.4 Å².